The van der Waals surface area contributed by atoms with Crippen LogP contribution in [0.2, 0.25) is 0 Å². The first-order valence-electron chi connectivity index (χ1n) is 3.72. The van der Waals surface area contributed by atoms with Crippen molar-refractivity contribution < 1.29 is 27.8 Å². The molecule has 0 unspecified atom stereocenters. The normalized spacial score (nSPS) is 10.5. The van der Waals surface area contributed by atoms with E-state index in [2.05, 4.69) is 16.1 Å². The maximum Gasteiger partial charge on any atom is 0.376 e. The van der Waals surface area contributed by atoms with Crippen molar-refractivity contribution in [1.29, 1.82) is 0 Å². The van der Waals surface area contributed by atoms with Gasteiger partial charge in [0, 0.05) is 13.0 Å². The zero-order valence-electron chi connectivity index (χ0n) is 7.59. The van der Waals surface area contributed by atoms with Gasteiger partial charge in [-0.1, -0.05) is 6.58 Å². The Morgan fingerprint density at radius 1 is 1.36 bits per heavy atom. The van der Waals surface area contributed by atoms with Gasteiger partial charge in [0.15, 0.2) is 0 Å². The summed E-state index contributed by atoms with van der Waals surface area (Å²) in [6, 6.07) is 0. The highest BCUT2D eigenvalue weighted by Gasteiger charge is 2.34. The van der Waals surface area contributed by atoms with Gasteiger partial charge in [-0.15, -0.1) is 0 Å². The number of hydrogen-bond donors (Lipinski definition) is 0. The lowest BCUT2D eigenvalue weighted by Crippen LogP contribution is -2.28. The number of halogens is 2. The van der Waals surface area contributed by atoms with E-state index in [1.54, 1.807) is 0 Å². The highest BCUT2D eigenvalue weighted by atomic mass is 19.3. The number of ether oxygens (including phenoxy) is 2. The van der Waals surface area contributed by atoms with Crippen molar-refractivity contribution in [2.75, 3.05) is 13.2 Å². The molecule has 0 saturated carbocycles. The molecule has 0 radical (unpaired) electrons. The molecule has 0 fully saturated rings. The van der Waals surface area contributed by atoms with E-state index in [0.717, 1.165) is 6.08 Å². The third-order valence-corrected chi connectivity index (χ3v) is 1.09. The lowest BCUT2D eigenvalue weighted by atomic mass is 10.4. The fourth-order valence-electron chi connectivity index (χ4n) is 0.462. The van der Waals surface area contributed by atoms with Crippen molar-refractivity contribution in [1.82, 2.24) is 0 Å². The molecule has 0 heterocycles. The first-order valence-corrected chi connectivity index (χ1v) is 3.72. The lowest BCUT2D eigenvalue weighted by molar-refractivity contribution is -0.171. The molecule has 0 aromatic carbocycles. The monoisotopic (exact) mass is 208 g/mol. The van der Waals surface area contributed by atoms with Crippen LogP contribution in [0.25, 0.3) is 0 Å². The van der Waals surface area contributed by atoms with Gasteiger partial charge in [-0.25, -0.2) is 9.59 Å². The minimum Gasteiger partial charge on any atom is -0.459 e. The fourth-order valence-corrected chi connectivity index (χ4v) is 0.462. The Labute approximate surface area is 79.5 Å². The van der Waals surface area contributed by atoms with Crippen LogP contribution in [0, 0.1) is 0 Å². The van der Waals surface area contributed by atoms with Gasteiger partial charge in [-0.2, -0.15) is 8.78 Å². The molecule has 0 amide bonds. The molecule has 0 N–H and O–H groups in total. The highest BCUT2D eigenvalue weighted by molar-refractivity contribution is 5.81. The minimum absolute atomic E-state index is 0.271. The average molecular weight is 208 g/mol. The topological polar surface area (TPSA) is 52.6 Å². The first-order chi connectivity index (χ1) is 6.38. The molecule has 4 nitrogen and oxygen atoms in total. The standard InChI is InChI=1S/C8H10F2O4/c1-3-6(11)13-4-5-14-7(12)8(2,9)10/h3H,1,4-5H2,2H3. The van der Waals surface area contributed by atoms with Gasteiger partial charge in [0.05, 0.1) is 0 Å². The molecule has 0 aromatic heterocycles. The number of carbonyl (C=O) groups excluding carboxylic acids is 2. The minimum atomic E-state index is -3.53. The average Bonchev–Trinajstić information content (AvgIpc) is 2.09. The van der Waals surface area contributed by atoms with Crippen LogP contribution in [-0.4, -0.2) is 31.1 Å². The van der Waals surface area contributed by atoms with Crippen molar-refractivity contribution in [2.45, 2.75) is 12.8 Å². The van der Waals surface area contributed by atoms with Crippen molar-refractivity contribution in [3.05, 3.63) is 12.7 Å². The number of rotatable bonds is 5. The summed E-state index contributed by atoms with van der Waals surface area (Å²) in [4.78, 5) is 20.9. The molecule has 14 heavy (non-hydrogen) atoms. The Kier molecular flexibility index (Phi) is 4.76. The van der Waals surface area contributed by atoms with Crippen LogP contribution >= 0.6 is 0 Å². The second-order valence-corrected chi connectivity index (χ2v) is 2.40. The second kappa shape index (κ2) is 5.31. The zero-order chi connectivity index (χ0) is 11.2. The van der Waals surface area contributed by atoms with Crippen LogP contribution in [0.5, 0.6) is 0 Å². The summed E-state index contributed by atoms with van der Waals surface area (Å²) in [5.41, 5.74) is 0. The molecule has 0 spiro atoms. The van der Waals surface area contributed by atoms with E-state index in [0.29, 0.717) is 6.92 Å². The summed E-state index contributed by atoms with van der Waals surface area (Å²) in [7, 11) is 0. The predicted octanol–water partition coefficient (Wildman–Crippen LogP) is 0.914. The molecule has 0 aromatic rings. The van der Waals surface area contributed by atoms with Crippen LogP contribution < -0.4 is 0 Å². The molecule has 6 heteroatoms. The molecule has 0 rings (SSSR count). The Bertz CT molecular complexity index is 232. The molecule has 0 saturated heterocycles. The quantitative estimate of drug-likeness (QED) is 0.383. The third kappa shape index (κ3) is 5.23. The lowest BCUT2D eigenvalue weighted by Gasteiger charge is -2.09. The van der Waals surface area contributed by atoms with Crippen LogP contribution in [0.3, 0.4) is 0 Å². The summed E-state index contributed by atoms with van der Waals surface area (Å²) in [5, 5.41) is 0. The molecule has 0 bridgehead atoms. The summed E-state index contributed by atoms with van der Waals surface area (Å²) in [5.74, 6) is -5.88. The molecule has 0 atom stereocenters. The fraction of sp³-hybridized carbons (Fsp3) is 0.500. The molecule has 0 aliphatic rings. The Morgan fingerprint density at radius 2 is 1.86 bits per heavy atom. The number of carbonyl (C=O) groups is 2. The molecule has 0 aliphatic heterocycles. The van der Waals surface area contributed by atoms with Gasteiger partial charge >= 0.3 is 17.9 Å². The second-order valence-electron chi connectivity index (χ2n) is 2.40. The molecular weight excluding hydrogens is 198 g/mol. The maximum atomic E-state index is 12.2. The van der Waals surface area contributed by atoms with Gasteiger partial charge in [0.25, 0.3) is 0 Å². The predicted molar refractivity (Wildman–Crippen MR) is 42.7 cm³/mol. The van der Waals surface area contributed by atoms with Crippen molar-refractivity contribution in [3.63, 3.8) is 0 Å². The van der Waals surface area contributed by atoms with E-state index >= 15 is 0 Å². The van der Waals surface area contributed by atoms with Gasteiger partial charge in [-0.05, 0) is 0 Å². The Morgan fingerprint density at radius 3 is 2.29 bits per heavy atom. The highest BCUT2D eigenvalue weighted by Crippen LogP contribution is 2.12. The van der Waals surface area contributed by atoms with E-state index in [1.165, 1.54) is 0 Å². The van der Waals surface area contributed by atoms with Crippen molar-refractivity contribution in [3.8, 4) is 0 Å². The Balaban J connectivity index is 3.61. The number of hydrogen-bond acceptors (Lipinski definition) is 4. The van der Waals surface area contributed by atoms with Gasteiger partial charge in [0.2, 0.25) is 0 Å². The van der Waals surface area contributed by atoms with E-state index in [4.69, 9.17) is 0 Å². The smallest absolute Gasteiger partial charge is 0.376 e. The van der Waals surface area contributed by atoms with Crippen LogP contribution in [-0.2, 0) is 19.1 Å². The van der Waals surface area contributed by atoms with Crippen LogP contribution in [0.4, 0.5) is 8.78 Å². The summed E-state index contributed by atoms with van der Waals surface area (Å²) >= 11 is 0. The van der Waals surface area contributed by atoms with E-state index in [1.807, 2.05) is 0 Å². The molecule has 80 valence electrons. The maximum absolute atomic E-state index is 12.2. The van der Waals surface area contributed by atoms with Crippen LogP contribution in [0.15, 0.2) is 12.7 Å². The first kappa shape index (κ1) is 12.5. The van der Waals surface area contributed by atoms with Gasteiger partial charge < -0.3 is 9.47 Å². The van der Waals surface area contributed by atoms with E-state index < -0.39 is 24.5 Å². The summed E-state index contributed by atoms with van der Waals surface area (Å²) in [6.45, 7) is 2.86. The summed E-state index contributed by atoms with van der Waals surface area (Å²) in [6.07, 6.45) is 0.913. The van der Waals surface area contributed by atoms with Crippen LogP contribution in [0.1, 0.15) is 6.92 Å². The van der Waals surface area contributed by atoms with Gasteiger partial charge in [-0.3, -0.25) is 0 Å². The van der Waals surface area contributed by atoms with E-state index in [-0.39, 0.29) is 6.61 Å². The largest absolute Gasteiger partial charge is 0.459 e. The number of alkyl halides is 2. The van der Waals surface area contributed by atoms with Gasteiger partial charge in [0.1, 0.15) is 13.2 Å². The molecule has 0 aliphatic carbocycles. The SMILES string of the molecule is C=CC(=O)OCCOC(=O)C(C)(F)F. The van der Waals surface area contributed by atoms with Crippen molar-refractivity contribution >= 4 is 11.9 Å². The van der Waals surface area contributed by atoms with Crippen molar-refractivity contribution in [2.24, 2.45) is 0 Å². The molecular formula is C8H10F2O4. The summed E-state index contributed by atoms with van der Waals surface area (Å²) < 4.78 is 32.8. The zero-order valence-corrected chi connectivity index (χ0v) is 7.59. The number of esters is 2. The Hall–Kier alpha value is -1.46. The van der Waals surface area contributed by atoms with E-state index in [9.17, 15) is 18.4 Å². The third-order valence-electron chi connectivity index (χ3n) is 1.09.